The van der Waals surface area contributed by atoms with Crippen LogP contribution in [0.25, 0.3) is 11.1 Å². The van der Waals surface area contributed by atoms with Gasteiger partial charge in [-0.15, -0.1) is 23.3 Å². The molecule has 3 aromatic carbocycles. The number of halogens is 4. The van der Waals surface area contributed by atoms with Crippen molar-refractivity contribution < 1.29 is 57.8 Å². The van der Waals surface area contributed by atoms with Crippen LogP contribution in [-0.2, 0) is 30.7 Å². The minimum absolute atomic E-state index is 0. The van der Waals surface area contributed by atoms with Crippen molar-refractivity contribution in [2.45, 2.75) is 38.5 Å². The molecule has 1 fully saturated rings. The molecule has 5 heteroatoms. The molecule has 3 aromatic rings. The minimum atomic E-state index is -0.359. The topological polar surface area (TPSA) is 0 Å². The molecule has 0 heterocycles. The van der Waals surface area contributed by atoms with E-state index in [1.807, 2.05) is 30.3 Å². The van der Waals surface area contributed by atoms with E-state index < -0.39 is 0 Å². The smallest absolute Gasteiger partial charge is 0.172 e. The molecule has 0 saturated heterocycles. The number of hydrogen-bond donors (Lipinski definition) is 0. The third kappa shape index (κ3) is 7.97. The zero-order chi connectivity index (χ0) is 19.1. The molecule has 5 rings (SSSR count). The number of rotatable bonds is 0. The van der Waals surface area contributed by atoms with Gasteiger partial charge < -0.3 is 24.8 Å². The summed E-state index contributed by atoms with van der Waals surface area (Å²) in [6.07, 6.45) is 7.88. The average molecular weight is 511 g/mol. The largest absolute Gasteiger partial charge is 0.214 e. The van der Waals surface area contributed by atoms with Gasteiger partial charge in [-0.2, -0.15) is 24.3 Å². The van der Waals surface area contributed by atoms with E-state index in [0.29, 0.717) is 6.42 Å². The van der Waals surface area contributed by atoms with E-state index in [2.05, 4.69) is 6.07 Å². The van der Waals surface area contributed by atoms with E-state index >= 15 is 0 Å². The second-order valence-electron chi connectivity index (χ2n) is 6.80. The molecule has 0 atom stereocenters. The molecule has 2 aliphatic carbocycles. The van der Waals surface area contributed by atoms with Crippen molar-refractivity contribution in [2.75, 3.05) is 0 Å². The first-order chi connectivity index (χ1) is 13.1. The predicted octanol–water partition coefficient (Wildman–Crippen LogP) is 0.419. The Hall–Kier alpha value is -1.02. The van der Waals surface area contributed by atoms with Gasteiger partial charge in [-0.05, 0) is 24.1 Å². The van der Waals surface area contributed by atoms with Gasteiger partial charge in [0.05, 0.1) is 0 Å². The Morgan fingerprint density at radius 3 is 2.07 bits per heavy atom. The second-order valence-corrected chi connectivity index (χ2v) is 8.54. The van der Waals surface area contributed by atoms with Crippen molar-refractivity contribution in [1.82, 2.24) is 0 Å². The van der Waals surface area contributed by atoms with E-state index in [9.17, 15) is 8.78 Å². The van der Waals surface area contributed by atoms with Crippen molar-refractivity contribution in [3.05, 3.63) is 89.5 Å². The molecule has 0 aromatic heterocycles. The van der Waals surface area contributed by atoms with Crippen LogP contribution in [0.15, 0.2) is 60.7 Å². The van der Waals surface area contributed by atoms with Gasteiger partial charge in [0.25, 0.3) is 0 Å². The Morgan fingerprint density at radius 1 is 0.862 bits per heavy atom. The monoisotopic (exact) mass is 508 g/mol. The first kappa shape index (κ1) is 26.0. The summed E-state index contributed by atoms with van der Waals surface area (Å²) >= 11 is 1.69. The predicted molar refractivity (Wildman–Crippen MR) is 104 cm³/mol. The maximum atomic E-state index is 13.0. The summed E-state index contributed by atoms with van der Waals surface area (Å²) in [6.45, 7) is 0. The van der Waals surface area contributed by atoms with Crippen molar-refractivity contribution in [2.24, 2.45) is 0 Å². The van der Waals surface area contributed by atoms with Gasteiger partial charge in [0.1, 0.15) is 5.82 Å². The fraction of sp³-hybridized carbons (Fsp3) is 0.250. The molecule has 0 bridgehead atoms. The Labute approximate surface area is 199 Å². The van der Waals surface area contributed by atoms with Gasteiger partial charge >= 0.3 is 59.5 Å². The molecule has 152 valence electrons. The van der Waals surface area contributed by atoms with Crippen LogP contribution in [0.2, 0.25) is 0 Å². The molecule has 0 unspecified atom stereocenters. The third-order valence-electron chi connectivity index (χ3n) is 4.73. The minimum Gasteiger partial charge on any atom is -0.214 e. The fourth-order valence-corrected chi connectivity index (χ4v) is 4.23. The maximum Gasteiger partial charge on any atom is -0.172 e. The van der Waals surface area contributed by atoms with Crippen LogP contribution >= 0.6 is 0 Å². The Kier molecular flexibility index (Phi) is 11.9. The molecule has 29 heavy (non-hydrogen) atoms. The summed E-state index contributed by atoms with van der Waals surface area (Å²) in [6, 6.07) is 20.4. The van der Waals surface area contributed by atoms with Crippen molar-refractivity contribution in [3.8, 4) is 11.1 Å². The van der Waals surface area contributed by atoms with Crippen LogP contribution in [0.3, 0.4) is 0 Å². The van der Waals surface area contributed by atoms with Crippen molar-refractivity contribution in [3.63, 3.8) is 0 Å². The molecule has 0 spiro atoms. The van der Waals surface area contributed by atoms with E-state index in [1.165, 1.54) is 50.3 Å². The van der Waals surface area contributed by atoms with E-state index in [-0.39, 0.29) is 36.4 Å². The Balaban J connectivity index is 0.000000252. The van der Waals surface area contributed by atoms with E-state index in [1.54, 1.807) is 39.6 Å². The van der Waals surface area contributed by atoms with Crippen molar-refractivity contribution >= 4 is 3.21 Å². The molecular weight excluding hydrogens is 488 g/mol. The fourth-order valence-electron chi connectivity index (χ4n) is 3.36. The molecule has 1 saturated carbocycles. The quantitative estimate of drug-likeness (QED) is 0.301. The molecule has 0 radical (unpaired) electrons. The van der Waals surface area contributed by atoms with Crippen LogP contribution in [0.5, 0.6) is 0 Å². The van der Waals surface area contributed by atoms with Crippen LogP contribution in [0, 0.1) is 17.7 Å². The summed E-state index contributed by atoms with van der Waals surface area (Å²) in [7, 11) is 0. The van der Waals surface area contributed by atoms with Gasteiger partial charge in [-0.1, -0.05) is 11.6 Å². The Bertz CT molecular complexity index is 817. The van der Waals surface area contributed by atoms with E-state index in [0.717, 1.165) is 22.3 Å². The molecule has 0 nitrogen and oxygen atoms in total. The molecule has 0 aliphatic heterocycles. The van der Waals surface area contributed by atoms with Gasteiger partial charge in [0, 0.05) is 5.82 Å². The van der Waals surface area contributed by atoms with Gasteiger partial charge in [-0.25, -0.2) is 20.9 Å². The summed E-state index contributed by atoms with van der Waals surface area (Å²) in [5.41, 5.74) is 3.68. The van der Waals surface area contributed by atoms with Crippen LogP contribution in [0.1, 0.15) is 43.2 Å². The zero-order valence-electron chi connectivity index (χ0n) is 16.0. The zero-order valence-corrected chi connectivity index (χ0v) is 20.0. The third-order valence-corrected chi connectivity index (χ3v) is 5.96. The Morgan fingerprint density at radius 2 is 1.52 bits per heavy atom. The van der Waals surface area contributed by atoms with Gasteiger partial charge in [0.15, 0.2) is 0 Å². The molecule has 2 aliphatic rings. The van der Waals surface area contributed by atoms with Gasteiger partial charge in [-0.3, -0.25) is 0 Å². The average Bonchev–Trinajstić information content (AvgIpc) is 3.33. The normalized spacial score (nSPS) is 13.3. The molecular formula is C24H22Cl2F2Zr-2. The van der Waals surface area contributed by atoms with Crippen LogP contribution in [0.4, 0.5) is 8.78 Å². The van der Waals surface area contributed by atoms with Gasteiger partial charge in [0.2, 0.25) is 0 Å². The summed E-state index contributed by atoms with van der Waals surface area (Å²) < 4.78 is 27.7. The summed E-state index contributed by atoms with van der Waals surface area (Å²) in [5, 5.41) is 0. The van der Waals surface area contributed by atoms with Crippen LogP contribution < -0.4 is 24.8 Å². The van der Waals surface area contributed by atoms with Crippen molar-refractivity contribution in [1.29, 1.82) is 0 Å². The number of hydrogen-bond acceptors (Lipinski definition) is 0. The summed E-state index contributed by atoms with van der Waals surface area (Å²) in [4.78, 5) is 0. The number of benzene rings is 2. The molecule has 0 N–H and O–H groups in total. The SMILES string of the molecule is Fc1[c-]c2c(cc1)-c1ccc(F)cc1C2.[Cl-].[Cl-].[Zr+2]=[C]1CCCCC1.c1cc[cH-]c1. The standard InChI is InChI=1S/C13H7F2.C6H10.C5H5.2ClH.Zr/c14-10-1-3-12-8(6-10)5-9-7-11(15)2-4-13(9)12;1-2-4-6-5-3-1;1-2-4-5-3-1;;;/h1-4,6H,5H2;1-5H2;1-5H;2*1H;/q-1;;-1;;;+2/p-2. The first-order valence-electron chi connectivity index (χ1n) is 9.36. The molecule has 0 amide bonds. The number of fused-ring (bicyclic) bond motifs is 3. The first-order valence-corrected chi connectivity index (χ1v) is 10.6. The van der Waals surface area contributed by atoms with E-state index in [4.69, 9.17) is 0 Å². The van der Waals surface area contributed by atoms with Crippen LogP contribution in [-0.4, -0.2) is 3.21 Å². The summed E-state index contributed by atoms with van der Waals surface area (Å²) in [5.74, 6) is -0.607. The maximum absolute atomic E-state index is 13.0. The second kappa shape index (κ2) is 13.3.